The number of carbonyl (C=O) groups is 1. The number of nitrogens with zero attached hydrogens (tertiary/aromatic N) is 1. The van der Waals surface area contributed by atoms with Gasteiger partial charge in [-0.2, -0.15) is 0 Å². The summed E-state index contributed by atoms with van der Waals surface area (Å²) in [5, 5.41) is 2.97. The van der Waals surface area contributed by atoms with Crippen LogP contribution in [-0.2, 0) is 11.2 Å². The second-order valence-corrected chi connectivity index (χ2v) is 7.01. The monoisotopic (exact) mass is 377 g/mol. The Morgan fingerprint density at radius 2 is 2.00 bits per heavy atom. The first-order valence-corrected chi connectivity index (χ1v) is 9.04. The average molecular weight is 377 g/mol. The van der Waals surface area contributed by atoms with Gasteiger partial charge in [0, 0.05) is 18.3 Å². The summed E-state index contributed by atoms with van der Waals surface area (Å²) in [4.78, 5) is 30.5. The molecule has 0 aliphatic carbocycles. The van der Waals surface area contributed by atoms with Crippen LogP contribution in [0.3, 0.4) is 0 Å². The van der Waals surface area contributed by atoms with Gasteiger partial charge in [-0.25, -0.2) is 4.98 Å². The molecule has 1 amide bonds. The smallest absolute Gasteiger partial charge is 0.251 e. The van der Waals surface area contributed by atoms with Crippen molar-refractivity contribution >= 4 is 17.7 Å². The first-order chi connectivity index (χ1) is 12.4. The van der Waals surface area contributed by atoms with E-state index in [-0.39, 0.29) is 16.7 Å². The summed E-state index contributed by atoms with van der Waals surface area (Å²) in [7, 11) is 3.18. The van der Waals surface area contributed by atoms with E-state index >= 15 is 0 Å². The van der Waals surface area contributed by atoms with Crippen LogP contribution in [0.4, 0.5) is 0 Å². The molecule has 0 bridgehead atoms. The van der Waals surface area contributed by atoms with Gasteiger partial charge >= 0.3 is 0 Å². The fraction of sp³-hybridized carbons (Fsp3) is 0.389. The number of thioether (sulfide) groups is 1. The molecule has 1 aromatic heterocycles. The minimum atomic E-state index is -0.370. The lowest BCUT2D eigenvalue weighted by atomic mass is 10.1. The number of hydrogen-bond donors (Lipinski definition) is 2. The van der Waals surface area contributed by atoms with Gasteiger partial charge in [-0.05, 0) is 38.0 Å². The summed E-state index contributed by atoms with van der Waals surface area (Å²) in [6, 6.07) is 7.09. The minimum Gasteiger partial charge on any atom is -0.493 e. The molecule has 7 nitrogen and oxygen atoms in total. The molecule has 1 atom stereocenters. The zero-order chi connectivity index (χ0) is 19.1. The highest BCUT2D eigenvalue weighted by Crippen LogP contribution is 2.27. The van der Waals surface area contributed by atoms with Gasteiger partial charge in [0.25, 0.3) is 5.56 Å². The van der Waals surface area contributed by atoms with Crippen molar-refractivity contribution in [3.63, 3.8) is 0 Å². The van der Waals surface area contributed by atoms with Crippen molar-refractivity contribution < 1.29 is 14.3 Å². The first-order valence-electron chi connectivity index (χ1n) is 8.16. The lowest BCUT2D eigenvalue weighted by Crippen LogP contribution is -2.32. The molecule has 140 valence electrons. The zero-order valence-electron chi connectivity index (χ0n) is 15.3. The molecule has 0 fully saturated rings. The normalized spacial score (nSPS) is 11.7. The summed E-state index contributed by atoms with van der Waals surface area (Å²) in [5.41, 5.74) is 1.44. The van der Waals surface area contributed by atoms with Gasteiger partial charge in [0.2, 0.25) is 5.91 Å². The quantitative estimate of drug-likeness (QED) is 0.539. The van der Waals surface area contributed by atoms with E-state index in [2.05, 4.69) is 15.3 Å². The van der Waals surface area contributed by atoms with Crippen LogP contribution in [0.15, 0.2) is 34.2 Å². The highest BCUT2D eigenvalue weighted by molar-refractivity contribution is 8.00. The third kappa shape index (κ3) is 5.52. The third-order valence-electron chi connectivity index (χ3n) is 3.67. The molecule has 0 spiro atoms. The third-order valence-corrected chi connectivity index (χ3v) is 4.65. The van der Waals surface area contributed by atoms with Crippen molar-refractivity contribution in [3.05, 3.63) is 45.9 Å². The summed E-state index contributed by atoms with van der Waals surface area (Å²) in [6.45, 7) is 4.02. The van der Waals surface area contributed by atoms with Gasteiger partial charge in [-0.15, -0.1) is 0 Å². The van der Waals surface area contributed by atoms with Gasteiger partial charge in [0.15, 0.2) is 16.7 Å². The summed E-state index contributed by atoms with van der Waals surface area (Å²) >= 11 is 1.22. The maximum atomic E-state index is 12.2. The Morgan fingerprint density at radius 1 is 1.27 bits per heavy atom. The molecule has 2 aromatic rings. The lowest BCUT2D eigenvalue weighted by Gasteiger charge is -2.12. The Labute approximate surface area is 156 Å². The highest BCUT2D eigenvalue weighted by Gasteiger charge is 2.15. The molecule has 1 heterocycles. The van der Waals surface area contributed by atoms with Crippen LogP contribution in [0.2, 0.25) is 0 Å². The van der Waals surface area contributed by atoms with Crippen LogP contribution in [0.25, 0.3) is 0 Å². The van der Waals surface area contributed by atoms with Gasteiger partial charge in [-0.3, -0.25) is 9.59 Å². The van der Waals surface area contributed by atoms with Crippen molar-refractivity contribution in [2.75, 3.05) is 20.8 Å². The molecule has 2 rings (SSSR count). The molecule has 0 radical (unpaired) electrons. The second-order valence-electron chi connectivity index (χ2n) is 5.68. The molecule has 0 saturated carbocycles. The predicted octanol–water partition coefficient (Wildman–Crippen LogP) is 1.94. The van der Waals surface area contributed by atoms with Crippen LogP contribution in [0.1, 0.15) is 18.2 Å². The fourth-order valence-electron chi connectivity index (χ4n) is 2.34. The van der Waals surface area contributed by atoms with E-state index in [1.165, 1.54) is 17.8 Å². The number of amides is 1. The molecule has 1 aromatic carbocycles. The van der Waals surface area contributed by atoms with E-state index in [1.54, 1.807) is 28.1 Å². The van der Waals surface area contributed by atoms with Crippen LogP contribution < -0.4 is 20.3 Å². The van der Waals surface area contributed by atoms with Crippen molar-refractivity contribution in [3.8, 4) is 11.5 Å². The van der Waals surface area contributed by atoms with E-state index in [0.717, 1.165) is 5.56 Å². The molecule has 0 aliphatic rings. The summed E-state index contributed by atoms with van der Waals surface area (Å²) in [6.07, 6.45) is 0.670. The van der Waals surface area contributed by atoms with Crippen molar-refractivity contribution in [1.29, 1.82) is 0 Å². The van der Waals surface area contributed by atoms with E-state index < -0.39 is 0 Å². The summed E-state index contributed by atoms with van der Waals surface area (Å²) in [5.74, 6) is 1.22. The van der Waals surface area contributed by atoms with Crippen LogP contribution in [-0.4, -0.2) is 41.9 Å². The Hall–Kier alpha value is -2.48. The Morgan fingerprint density at radius 3 is 2.65 bits per heavy atom. The van der Waals surface area contributed by atoms with Crippen LogP contribution >= 0.6 is 11.8 Å². The van der Waals surface area contributed by atoms with Crippen molar-refractivity contribution in [2.45, 2.75) is 30.7 Å². The number of ether oxygens (including phenoxy) is 2. The largest absolute Gasteiger partial charge is 0.493 e. The SMILES string of the molecule is COc1ccc(CCNC(=O)C(C)Sc2nc(C)cc(=O)[nH]2)cc1OC. The molecule has 2 N–H and O–H groups in total. The number of carbonyl (C=O) groups excluding carboxylic acids is 1. The maximum Gasteiger partial charge on any atom is 0.251 e. The molecule has 8 heteroatoms. The van der Waals surface area contributed by atoms with Gasteiger partial charge in [-0.1, -0.05) is 17.8 Å². The van der Waals surface area contributed by atoms with Gasteiger partial charge in [0.05, 0.1) is 19.5 Å². The van der Waals surface area contributed by atoms with Gasteiger partial charge in [0.1, 0.15) is 0 Å². The molecular formula is C18H23N3O4S. The average Bonchev–Trinajstić information content (AvgIpc) is 2.60. The number of aryl methyl sites for hydroxylation is 1. The Bertz CT molecular complexity index is 822. The maximum absolute atomic E-state index is 12.2. The predicted molar refractivity (Wildman–Crippen MR) is 101 cm³/mol. The molecule has 26 heavy (non-hydrogen) atoms. The number of methoxy groups -OCH3 is 2. The fourth-order valence-corrected chi connectivity index (χ4v) is 3.22. The summed E-state index contributed by atoms with van der Waals surface area (Å²) < 4.78 is 10.5. The van der Waals surface area contributed by atoms with Crippen LogP contribution in [0.5, 0.6) is 11.5 Å². The standard InChI is InChI=1S/C18H23N3O4S/c1-11-9-16(22)21-18(20-11)26-12(2)17(23)19-8-7-13-5-6-14(24-3)15(10-13)25-4/h5-6,9-10,12H,7-8H2,1-4H3,(H,19,23)(H,20,21,22). The number of benzene rings is 1. The number of H-pyrrole nitrogens is 1. The molecular weight excluding hydrogens is 354 g/mol. The number of aromatic amines is 1. The van der Waals surface area contributed by atoms with Crippen molar-refractivity contribution in [2.24, 2.45) is 0 Å². The Kier molecular flexibility index (Phi) is 7.08. The zero-order valence-corrected chi connectivity index (χ0v) is 16.1. The van der Waals surface area contributed by atoms with E-state index in [9.17, 15) is 9.59 Å². The topological polar surface area (TPSA) is 93.3 Å². The first kappa shape index (κ1) is 19.8. The lowest BCUT2D eigenvalue weighted by molar-refractivity contribution is -0.120. The number of nitrogens with one attached hydrogen (secondary N) is 2. The van der Waals surface area contributed by atoms with Crippen molar-refractivity contribution in [1.82, 2.24) is 15.3 Å². The Balaban J connectivity index is 1.87. The van der Waals surface area contributed by atoms with E-state index in [4.69, 9.17) is 9.47 Å². The van der Waals surface area contributed by atoms with Gasteiger partial charge < -0.3 is 19.8 Å². The molecule has 0 saturated heterocycles. The molecule has 1 unspecified atom stereocenters. The number of aromatic nitrogens is 2. The second kappa shape index (κ2) is 9.28. The van der Waals surface area contributed by atoms with E-state index in [0.29, 0.717) is 35.3 Å². The highest BCUT2D eigenvalue weighted by atomic mass is 32.2. The molecule has 0 aliphatic heterocycles. The minimum absolute atomic E-state index is 0.111. The van der Waals surface area contributed by atoms with E-state index in [1.807, 2.05) is 18.2 Å². The number of rotatable bonds is 8. The number of hydrogen-bond acceptors (Lipinski definition) is 6. The van der Waals surface area contributed by atoms with Crippen LogP contribution in [0, 0.1) is 6.92 Å².